The van der Waals surface area contributed by atoms with Crippen LogP contribution in [0.5, 0.6) is 0 Å². The predicted octanol–water partition coefficient (Wildman–Crippen LogP) is 5.19. The zero-order valence-corrected chi connectivity index (χ0v) is 19.2. The molecule has 0 fully saturated rings. The third kappa shape index (κ3) is 5.33. The van der Waals surface area contributed by atoms with Crippen molar-refractivity contribution in [2.75, 3.05) is 11.9 Å². The zero-order chi connectivity index (χ0) is 23.1. The van der Waals surface area contributed by atoms with Crippen LogP contribution in [0.1, 0.15) is 34.0 Å². The Labute approximate surface area is 190 Å². The Kier molecular flexibility index (Phi) is 7.62. The molecule has 5 nitrogen and oxygen atoms in total. The highest BCUT2D eigenvalue weighted by atomic mass is 32.2. The maximum Gasteiger partial charge on any atom is 0.255 e. The van der Waals surface area contributed by atoms with E-state index in [0.717, 1.165) is 28.8 Å². The number of sulfonamides is 1. The third-order valence-electron chi connectivity index (χ3n) is 5.27. The minimum atomic E-state index is -3.66. The Morgan fingerprint density at radius 3 is 2.31 bits per heavy atom. The summed E-state index contributed by atoms with van der Waals surface area (Å²) in [5, 5.41) is 3.01. The summed E-state index contributed by atoms with van der Waals surface area (Å²) in [6, 6.07) is 21.3. The highest BCUT2D eigenvalue weighted by Crippen LogP contribution is 2.22. The Bertz CT molecular complexity index is 1190. The first kappa shape index (κ1) is 23.4. The molecule has 32 heavy (non-hydrogen) atoms. The summed E-state index contributed by atoms with van der Waals surface area (Å²) in [5.41, 5.74) is 4.24. The van der Waals surface area contributed by atoms with Gasteiger partial charge in [-0.3, -0.25) is 4.79 Å². The Balaban J connectivity index is 1.77. The summed E-state index contributed by atoms with van der Waals surface area (Å²) in [5.74, 6) is -0.194. The van der Waals surface area contributed by atoms with E-state index in [1.54, 1.807) is 60.7 Å². The average molecular weight is 449 g/mol. The van der Waals surface area contributed by atoms with Crippen LogP contribution >= 0.6 is 0 Å². The Hall–Kier alpha value is -3.22. The van der Waals surface area contributed by atoms with Crippen molar-refractivity contribution in [1.82, 2.24) is 4.31 Å². The third-order valence-corrected chi connectivity index (χ3v) is 7.09. The number of benzene rings is 3. The van der Waals surface area contributed by atoms with Gasteiger partial charge in [0.25, 0.3) is 5.91 Å². The second-order valence-corrected chi connectivity index (χ2v) is 9.45. The van der Waals surface area contributed by atoms with Crippen LogP contribution in [0.2, 0.25) is 0 Å². The van der Waals surface area contributed by atoms with Crippen molar-refractivity contribution in [1.29, 1.82) is 0 Å². The number of para-hydroxylation sites is 1. The van der Waals surface area contributed by atoms with E-state index < -0.39 is 10.0 Å². The molecule has 0 radical (unpaired) electrons. The second kappa shape index (κ2) is 10.4. The maximum absolute atomic E-state index is 13.0. The molecule has 166 valence electrons. The molecule has 0 aliphatic carbocycles. The largest absolute Gasteiger partial charge is 0.321 e. The van der Waals surface area contributed by atoms with Crippen LogP contribution in [0.3, 0.4) is 0 Å². The number of nitrogens with one attached hydrogen (secondary N) is 1. The molecular weight excluding hydrogens is 420 g/mol. The van der Waals surface area contributed by atoms with Gasteiger partial charge in [0.05, 0.1) is 4.90 Å². The van der Waals surface area contributed by atoms with E-state index in [1.165, 1.54) is 4.31 Å². The van der Waals surface area contributed by atoms with Gasteiger partial charge in [0, 0.05) is 24.3 Å². The van der Waals surface area contributed by atoms with Gasteiger partial charge in [-0.1, -0.05) is 61.5 Å². The maximum atomic E-state index is 13.0. The standard InChI is InChI=1S/C26H28N2O3S/c1-4-18-28(32(30,31)24-12-7-6-8-13-24)19-21-14-16-23(17-15-21)26(29)27-25-20(3)10-9-11-22(25)5-2/h4,6-17H,1,5,18-19H2,2-3H3,(H,27,29). The van der Waals surface area contributed by atoms with Gasteiger partial charge in [-0.15, -0.1) is 6.58 Å². The molecule has 0 saturated carbocycles. The first-order chi connectivity index (χ1) is 15.4. The predicted molar refractivity (Wildman–Crippen MR) is 129 cm³/mol. The fourth-order valence-electron chi connectivity index (χ4n) is 3.49. The SMILES string of the molecule is C=CCN(Cc1ccc(C(=O)Nc2c(C)cccc2CC)cc1)S(=O)(=O)c1ccccc1. The molecule has 0 heterocycles. The number of anilines is 1. The number of nitrogens with zero attached hydrogens (tertiary/aromatic N) is 1. The highest BCUT2D eigenvalue weighted by molar-refractivity contribution is 7.89. The van der Waals surface area contributed by atoms with Crippen LogP contribution in [0, 0.1) is 6.92 Å². The number of hydrogen-bond donors (Lipinski definition) is 1. The van der Waals surface area contributed by atoms with Crippen molar-refractivity contribution in [3.8, 4) is 0 Å². The molecule has 0 saturated heterocycles. The number of hydrogen-bond acceptors (Lipinski definition) is 3. The number of rotatable bonds is 9. The van der Waals surface area contributed by atoms with Crippen LogP contribution in [0.4, 0.5) is 5.69 Å². The highest BCUT2D eigenvalue weighted by Gasteiger charge is 2.23. The molecule has 1 N–H and O–H groups in total. The lowest BCUT2D eigenvalue weighted by atomic mass is 10.0. The Morgan fingerprint density at radius 1 is 1.00 bits per heavy atom. The van der Waals surface area contributed by atoms with Gasteiger partial charge in [0.1, 0.15) is 0 Å². The second-order valence-electron chi connectivity index (χ2n) is 7.51. The molecule has 0 aliphatic rings. The van der Waals surface area contributed by atoms with Crippen molar-refractivity contribution in [3.05, 3.63) is 108 Å². The van der Waals surface area contributed by atoms with E-state index in [-0.39, 0.29) is 23.9 Å². The average Bonchev–Trinajstić information content (AvgIpc) is 2.81. The molecular formula is C26H28N2O3S. The normalized spacial score (nSPS) is 11.3. The summed E-state index contributed by atoms with van der Waals surface area (Å²) in [6.07, 6.45) is 2.39. The van der Waals surface area contributed by atoms with E-state index in [2.05, 4.69) is 18.8 Å². The number of amides is 1. The van der Waals surface area contributed by atoms with Crippen molar-refractivity contribution >= 4 is 21.6 Å². The minimum absolute atomic E-state index is 0.183. The first-order valence-corrected chi connectivity index (χ1v) is 12.0. The van der Waals surface area contributed by atoms with Gasteiger partial charge in [0.2, 0.25) is 10.0 Å². The number of carbonyl (C=O) groups is 1. The lowest BCUT2D eigenvalue weighted by Gasteiger charge is -2.21. The minimum Gasteiger partial charge on any atom is -0.321 e. The van der Waals surface area contributed by atoms with Crippen LogP contribution in [0.15, 0.2) is 90.3 Å². The summed E-state index contributed by atoms with van der Waals surface area (Å²) in [4.78, 5) is 13.0. The summed E-state index contributed by atoms with van der Waals surface area (Å²) >= 11 is 0. The van der Waals surface area contributed by atoms with Crippen LogP contribution in [-0.4, -0.2) is 25.2 Å². The smallest absolute Gasteiger partial charge is 0.255 e. The van der Waals surface area contributed by atoms with E-state index in [9.17, 15) is 13.2 Å². The van der Waals surface area contributed by atoms with Gasteiger partial charge in [0.15, 0.2) is 0 Å². The van der Waals surface area contributed by atoms with Crippen molar-refractivity contribution < 1.29 is 13.2 Å². The quantitative estimate of drug-likeness (QED) is 0.458. The van der Waals surface area contributed by atoms with Gasteiger partial charge in [-0.05, 0) is 54.3 Å². The molecule has 0 unspecified atom stereocenters. The van der Waals surface area contributed by atoms with Crippen molar-refractivity contribution in [2.24, 2.45) is 0 Å². The monoisotopic (exact) mass is 448 g/mol. The molecule has 3 aromatic rings. The topological polar surface area (TPSA) is 66.5 Å². The van der Waals surface area contributed by atoms with Crippen LogP contribution in [-0.2, 0) is 23.0 Å². The molecule has 3 rings (SSSR count). The molecule has 0 bridgehead atoms. The van der Waals surface area contributed by atoms with Crippen molar-refractivity contribution in [2.45, 2.75) is 31.7 Å². The lowest BCUT2D eigenvalue weighted by Crippen LogP contribution is -2.30. The lowest BCUT2D eigenvalue weighted by molar-refractivity contribution is 0.102. The van der Waals surface area contributed by atoms with Gasteiger partial charge >= 0.3 is 0 Å². The fourth-order valence-corrected chi connectivity index (χ4v) is 4.91. The Morgan fingerprint density at radius 2 is 1.69 bits per heavy atom. The van der Waals surface area contributed by atoms with E-state index in [4.69, 9.17) is 0 Å². The first-order valence-electron chi connectivity index (χ1n) is 10.5. The van der Waals surface area contributed by atoms with E-state index in [0.29, 0.717) is 5.56 Å². The number of aryl methyl sites for hydroxylation is 2. The van der Waals surface area contributed by atoms with E-state index >= 15 is 0 Å². The molecule has 3 aromatic carbocycles. The zero-order valence-electron chi connectivity index (χ0n) is 18.4. The van der Waals surface area contributed by atoms with Crippen molar-refractivity contribution in [3.63, 3.8) is 0 Å². The summed E-state index contributed by atoms with van der Waals surface area (Å²) in [7, 11) is -3.66. The molecule has 0 aromatic heterocycles. The summed E-state index contributed by atoms with van der Waals surface area (Å²) in [6.45, 7) is 8.08. The molecule has 0 aliphatic heterocycles. The molecule has 6 heteroatoms. The van der Waals surface area contributed by atoms with Gasteiger partial charge < -0.3 is 5.32 Å². The molecule has 1 amide bonds. The molecule has 0 spiro atoms. The van der Waals surface area contributed by atoms with Crippen LogP contribution in [0.25, 0.3) is 0 Å². The molecule has 0 atom stereocenters. The van der Waals surface area contributed by atoms with Gasteiger partial charge in [-0.2, -0.15) is 4.31 Å². The van der Waals surface area contributed by atoms with E-state index in [1.807, 2.05) is 25.1 Å². The van der Waals surface area contributed by atoms with Gasteiger partial charge in [-0.25, -0.2) is 8.42 Å². The summed E-state index contributed by atoms with van der Waals surface area (Å²) < 4.78 is 27.4. The van der Waals surface area contributed by atoms with Crippen LogP contribution < -0.4 is 5.32 Å². The number of carbonyl (C=O) groups excluding carboxylic acids is 1. The fraction of sp³-hybridized carbons (Fsp3) is 0.192.